The zero-order valence-corrected chi connectivity index (χ0v) is 16.0. The lowest BCUT2D eigenvalue weighted by molar-refractivity contribution is -0.112. The minimum Gasteiger partial charge on any atom is -0.346 e. The number of rotatable bonds is 4. The van der Waals surface area contributed by atoms with Crippen LogP contribution >= 0.6 is 23.2 Å². The second kappa shape index (κ2) is 7.77. The van der Waals surface area contributed by atoms with Gasteiger partial charge < -0.3 is 9.88 Å². The van der Waals surface area contributed by atoms with Crippen molar-refractivity contribution in [3.8, 4) is 6.07 Å². The largest absolute Gasteiger partial charge is 0.346 e. The highest BCUT2D eigenvalue weighted by atomic mass is 35.5. The Bertz CT molecular complexity index is 869. The highest BCUT2D eigenvalue weighted by Gasteiger charge is 2.16. The lowest BCUT2D eigenvalue weighted by Crippen LogP contribution is -2.14. The second-order valence-electron chi connectivity index (χ2n) is 6.01. The normalized spacial score (nSPS) is 11.5. The van der Waals surface area contributed by atoms with E-state index in [4.69, 9.17) is 23.2 Å². The number of hydrogen-bond acceptors (Lipinski definition) is 2. The van der Waals surface area contributed by atoms with Crippen LogP contribution in [0.1, 0.15) is 36.8 Å². The van der Waals surface area contributed by atoms with E-state index >= 15 is 0 Å². The fourth-order valence-corrected chi connectivity index (χ4v) is 3.34. The summed E-state index contributed by atoms with van der Waals surface area (Å²) in [4.78, 5) is 12.5. The minimum atomic E-state index is -0.549. The van der Waals surface area contributed by atoms with Gasteiger partial charge >= 0.3 is 0 Å². The third-order valence-electron chi connectivity index (χ3n) is 3.91. The van der Waals surface area contributed by atoms with Gasteiger partial charge in [-0.3, -0.25) is 4.79 Å². The molecule has 1 heterocycles. The zero-order valence-electron chi connectivity index (χ0n) is 14.5. The Labute approximate surface area is 157 Å². The maximum Gasteiger partial charge on any atom is 0.266 e. The van der Waals surface area contributed by atoms with E-state index in [0.717, 1.165) is 17.0 Å². The van der Waals surface area contributed by atoms with Crippen molar-refractivity contribution in [2.24, 2.45) is 0 Å². The number of hydrogen-bond donors (Lipinski definition) is 1. The Balaban J connectivity index is 2.37. The average molecular weight is 376 g/mol. The van der Waals surface area contributed by atoms with Crippen LogP contribution in [0.25, 0.3) is 6.08 Å². The monoisotopic (exact) mass is 375 g/mol. The summed E-state index contributed by atoms with van der Waals surface area (Å²) in [6.45, 7) is 8.15. The van der Waals surface area contributed by atoms with Crippen LogP contribution in [0.3, 0.4) is 0 Å². The number of nitrogens with one attached hydrogen (secondary N) is 1. The molecule has 2 rings (SSSR count). The number of aryl methyl sites for hydroxylation is 1. The molecule has 6 heteroatoms. The van der Waals surface area contributed by atoms with Crippen LogP contribution in [0.15, 0.2) is 29.8 Å². The van der Waals surface area contributed by atoms with Crippen molar-refractivity contribution in [3.63, 3.8) is 0 Å². The molecule has 0 spiro atoms. The van der Waals surface area contributed by atoms with E-state index in [1.54, 1.807) is 24.3 Å². The van der Waals surface area contributed by atoms with Crippen molar-refractivity contribution in [2.45, 2.75) is 33.7 Å². The maximum absolute atomic E-state index is 12.5. The van der Waals surface area contributed by atoms with Crippen LogP contribution in [-0.2, 0) is 4.79 Å². The Hall–Kier alpha value is -2.22. The van der Waals surface area contributed by atoms with Crippen molar-refractivity contribution in [3.05, 3.63) is 56.8 Å². The number of carbonyl (C=O) groups excluding carboxylic acids is 1. The van der Waals surface area contributed by atoms with E-state index in [-0.39, 0.29) is 5.57 Å². The first kappa shape index (κ1) is 19.1. The molecular formula is C19H19Cl2N3O. The van der Waals surface area contributed by atoms with E-state index in [1.807, 2.05) is 26.0 Å². The molecule has 4 nitrogen and oxygen atoms in total. The van der Waals surface area contributed by atoms with Crippen LogP contribution in [0.5, 0.6) is 0 Å². The molecule has 1 amide bonds. The molecule has 25 heavy (non-hydrogen) atoms. The summed E-state index contributed by atoms with van der Waals surface area (Å²) >= 11 is 12.1. The number of nitriles is 1. The van der Waals surface area contributed by atoms with Crippen LogP contribution in [-0.4, -0.2) is 10.5 Å². The standard InChI is InChI=1S/C19H19Cl2N3O/c1-11(2)24-12(3)8-14(13(24)4)9-15(10-22)19(25)23-18-16(20)6-5-7-17(18)21/h5-9,11H,1-4H3,(H,23,25)/b15-9+. The van der Waals surface area contributed by atoms with Crippen LogP contribution in [0, 0.1) is 25.2 Å². The lowest BCUT2D eigenvalue weighted by atomic mass is 10.1. The molecule has 0 fully saturated rings. The minimum absolute atomic E-state index is 0.0139. The average Bonchev–Trinajstić information content (AvgIpc) is 2.82. The number of aromatic nitrogens is 1. The molecule has 0 saturated carbocycles. The van der Waals surface area contributed by atoms with Crippen molar-refractivity contribution in [1.29, 1.82) is 5.26 Å². The number of anilines is 1. The quantitative estimate of drug-likeness (QED) is 0.563. The number of nitrogens with zero attached hydrogens (tertiary/aromatic N) is 2. The molecule has 0 unspecified atom stereocenters. The smallest absolute Gasteiger partial charge is 0.266 e. The Morgan fingerprint density at radius 1 is 1.28 bits per heavy atom. The SMILES string of the molecule is Cc1cc(/C=C(\C#N)C(=O)Nc2c(Cl)cccc2Cl)c(C)n1C(C)C. The molecule has 0 aliphatic carbocycles. The highest BCUT2D eigenvalue weighted by molar-refractivity contribution is 6.40. The topological polar surface area (TPSA) is 57.8 Å². The van der Waals surface area contributed by atoms with E-state index in [1.165, 1.54) is 0 Å². The molecule has 1 aromatic carbocycles. The molecular weight excluding hydrogens is 357 g/mol. The third kappa shape index (κ3) is 4.07. The molecule has 0 aliphatic rings. The summed E-state index contributed by atoms with van der Waals surface area (Å²) in [7, 11) is 0. The molecule has 130 valence electrons. The molecule has 1 aromatic heterocycles. The molecule has 1 N–H and O–H groups in total. The summed E-state index contributed by atoms with van der Waals surface area (Å²) < 4.78 is 2.16. The molecule has 0 saturated heterocycles. The Kier molecular flexibility index (Phi) is 5.94. The second-order valence-corrected chi connectivity index (χ2v) is 6.83. The number of amides is 1. The first-order valence-electron chi connectivity index (χ1n) is 7.81. The molecule has 2 aromatic rings. The van der Waals surface area contributed by atoms with Gasteiger partial charge in [0, 0.05) is 17.4 Å². The summed E-state index contributed by atoms with van der Waals surface area (Å²) in [5.74, 6) is -0.549. The fraction of sp³-hybridized carbons (Fsp3) is 0.263. The van der Waals surface area contributed by atoms with Crippen molar-refractivity contribution in [2.75, 3.05) is 5.32 Å². The maximum atomic E-state index is 12.5. The van der Waals surface area contributed by atoms with Crippen molar-refractivity contribution in [1.82, 2.24) is 4.57 Å². The highest BCUT2D eigenvalue weighted by Crippen LogP contribution is 2.30. The van der Waals surface area contributed by atoms with Gasteiger partial charge in [0.1, 0.15) is 11.6 Å². The third-order valence-corrected chi connectivity index (χ3v) is 4.54. The van der Waals surface area contributed by atoms with Gasteiger partial charge in [0.15, 0.2) is 0 Å². The first-order valence-corrected chi connectivity index (χ1v) is 8.57. The van der Waals surface area contributed by atoms with Gasteiger partial charge in [0.2, 0.25) is 0 Å². The summed E-state index contributed by atoms with van der Waals surface area (Å²) in [6, 6.07) is 9.13. The van der Waals surface area contributed by atoms with Crippen LogP contribution < -0.4 is 5.32 Å². The Morgan fingerprint density at radius 3 is 2.36 bits per heavy atom. The van der Waals surface area contributed by atoms with Gasteiger partial charge in [-0.1, -0.05) is 29.3 Å². The fourth-order valence-electron chi connectivity index (χ4n) is 2.85. The predicted molar refractivity (Wildman–Crippen MR) is 103 cm³/mol. The number of carbonyl (C=O) groups is 1. The zero-order chi connectivity index (χ0) is 18.7. The lowest BCUT2D eigenvalue weighted by Gasteiger charge is -2.13. The molecule has 0 radical (unpaired) electrons. The molecule has 0 atom stereocenters. The summed E-state index contributed by atoms with van der Waals surface area (Å²) in [5.41, 5.74) is 3.20. The van der Waals surface area contributed by atoms with Gasteiger partial charge in [0.05, 0.1) is 15.7 Å². The number of benzene rings is 1. The van der Waals surface area contributed by atoms with Gasteiger partial charge in [-0.25, -0.2) is 0 Å². The van der Waals surface area contributed by atoms with Gasteiger partial charge in [-0.05, 0) is 57.5 Å². The molecule has 0 bridgehead atoms. The van der Waals surface area contributed by atoms with E-state index < -0.39 is 5.91 Å². The summed E-state index contributed by atoms with van der Waals surface area (Å²) in [5, 5.41) is 12.6. The van der Waals surface area contributed by atoms with Gasteiger partial charge in [-0.2, -0.15) is 5.26 Å². The van der Waals surface area contributed by atoms with Crippen molar-refractivity contribution >= 4 is 40.9 Å². The number of para-hydroxylation sites is 1. The Morgan fingerprint density at radius 2 is 1.88 bits per heavy atom. The van der Waals surface area contributed by atoms with Gasteiger partial charge in [0.25, 0.3) is 5.91 Å². The van der Waals surface area contributed by atoms with Gasteiger partial charge in [-0.15, -0.1) is 0 Å². The number of halogens is 2. The van der Waals surface area contributed by atoms with E-state index in [0.29, 0.717) is 21.8 Å². The van der Waals surface area contributed by atoms with E-state index in [9.17, 15) is 10.1 Å². The van der Waals surface area contributed by atoms with Crippen LogP contribution in [0.4, 0.5) is 5.69 Å². The van der Waals surface area contributed by atoms with Crippen LogP contribution in [0.2, 0.25) is 10.0 Å². The first-order chi connectivity index (χ1) is 11.8. The predicted octanol–water partition coefficient (Wildman–Crippen LogP) is 5.54. The van der Waals surface area contributed by atoms with Crippen molar-refractivity contribution < 1.29 is 4.79 Å². The molecule has 0 aliphatic heterocycles. The van der Waals surface area contributed by atoms with E-state index in [2.05, 4.69) is 23.7 Å². The summed E-state index contributed by atoms with van der Waals surface area (Å²) in [6.07, 6.45) is 1.58.